The summed E-state index contributed by atoms with van der Waals surface area (Å²) in [5.41, 5.74) is 5.36. The Kier molecular flexibility index (Phi) is 13.3. The summed E-state index contributed by atoms with van der Waals surface area (Å²) in [6.45, 7) is 8.83. The van der Waals surface area contributed by atoms with Gasteiger partial charge in [-0.15, -0.1) is 0 Å². The Balaban J connectivity index is 1.98. The van der Waals surface area contributed by atoms with E-state index in [9.17, 15) is 0 Å². The van der Waals surface area contributed by atoms with Gasteiger partial charge in [0.2, 0.25) is 0 Å². The van der Waals surface area contributed by atoms with Crippen LogP contribution in [0.3, 0.4) is 0 Å². The Hall–Kier alpha value is -0.370. The van der Waals surface area contributed by atoms with Crippen molar-refractivity contribution in [2.75, 3.05) is 0 Å². The summed E-state index contributed by atoms with van der Waals surface area (Å²) < 4.78 is 1.06. The van der Waals surface area contributed by atoms with Gasteiger partial charge in [-0.05, 0) is 66.2 Å². The fourth-order valence-corrected chi connectivity index (χ4v) is 4.50. The normalized spacial score (nSPS) is 11.3. The van der Waals surface area contributed by atoms with Gasteiger partial charge in [0.05, 0.1) is 0 Å². The van der Waals surface area contributed by atoms with Crippen LogP contribution in [0.15, 0.2) is 4.60 Å². The highest BCUT2D eigenvalue weighted by Crippen LogP contribution is 2.25. The van der Waals surface area contributed by atoms with Gasteiger partial charge >= 0.3 is 0 Å². The summed E-state index contributed by atoms with van der Waals surface area (Å²) in [5.74, 6) is 0. The largest absolute Gasteiger partial charge is 0.246 e. The molecule has 0 spiro atoms. The molecule has 0 atom stereocenters. The maximum absolute atomic E-state index is 4.64. The third-order valence-corrected chi connectivity index (χ3v) is 6.51. The van der Waals surface area contributed by atoms with E-state index >= 15 is 0 Å². The molecule has 0 fully saturated rings. The molecular weight excluding hydrogens is 382 g/mol. The SMILES string of the molecule is CCCCCCCCCCCCCCCCc1c(Br)nc(C)c(C)c1C. The lowest BCUT2D eigenvalue weighted by Crippen LogP contribution is -2.00. The van der Waals surface area contributed by atoms with Crippen molar-refractivity contribution < 1.29 is 0 Å². The molecule has 26 heavy (non-hydrogen) atoms. The molecule has 1 aromatic rings. The third-order valence-electron chi connectivity index (χ3n) is 5.85. The third kappa shape index (κ3) is 9.53. The fourth-order valence-electron chi connectivity index (χ4n) is 3.74. The van der Waals surface area contributed by atoms with E-state index in [1.165, 1.54) is 113 Å². The van der Waals surface area contributed by atoms with Crippen LogP contribution in [0.2, 0.25) is 0 Å². The first-order valence-electron chi connectivity index (χ1n) is 11.2. The molecule has 0 aliphatic rings. The minimum atomic E-state index is 1.06. The Morgan fingerprint density at radius 1 is 0.615 bits per heavy atom. The highest BCUT2D eigenvalue weighted by molar-refractivity contribution is 9.10. The Morgan fingerprint density at radius 2 is 1.04 bits per heavy atom. The first-order chi connectivity index (χ1) is 12.6. The van der Waals surface area contributed by atoms with E-state index in [0.717, 1.165) is 10.3 Å². The van der Waals surface area contributed by atoms with Gasteiger partial charge in [-0.3, -0.25) is 0 Å². The zero-order chi connectivity index (χ0) is 19.2. The molecule has 0 bridgehead atoms. The number of hydrogen-bond donors (Lipinski definition) is 0. The molecule has 1 aromatic heterocycles. The number of halogens is 1. The Bertz CT molecular complexity index is 495. The molecule has 0 amide bonds. The molecule has 0 radical (unpaired) electrons. The summed E-state index contributed by atoms with van der Waals surface area (Å²) >= 11 is 3.66. The van der Waals surface area contributed by atoms with E-state index in [-0.39, 0.29) is 0 Å². The minimum Gasteiger partial charge on any atom is -0.246 e. The molecule has 0 aliphatic heterocycles. The van der Waals surface area contributed by atoms with E-state index < -0.39 is 0 Å². The van der Waals surface area contributed by atoms with Crippen LogP contribution >= 0.6 is 15.9 Å². The predicted octanol–water partition coefficient (Wildman–Crippen LogP) is 8.79. The second-order valence-corrected chi connectivity index (χ2v) is 8.81. The summed E-state index contributed by atoms with van der Waals surface area (Å²) in [5, 5.41) is 0. The average molecular weight is 425 g/mol. The van der Waals surface area contributed by atoms with Crippen molar-refractivity contribution in [3.05, 3.63) is 27.0 Å². The zero-order valence-corrected chi connectivity index (χ0v) is 19.5. The van der Waals surface area contributed by atoms with Gasteiger partial charge in [0.25, 0.3) is 0 Å². The average Bonchev–Trinajstić information content (AvgIpc) is 2.62. The maximum atomic E-state index is 4.64. The molecule has 150 valence electrons. The van der Waals surface area contributed by atoms with Gasteiger partial charge in [0, 0.05) is 5.69 Å². The first kappa shape index (κ1) is 23.7. The molecule has 0 saturated heterocycles. The summed E-state index contributed by atoms with van der Waals surface area (Å²) in [6, 6.07) is 0. The van der Waals surface area contributed by atoms with E-state index in [0.29, 0.717) is 0 Å². The second-order valence-electron chi connectivity index (χ2n) is 8.06. The van der Waals surface area contributed by atoms with E-state index in [2.05, 4.69) is 48.6 Å². The molecule has 1 rings (SSSR count). The number of aromatic nitrogens is 1. The lowest BCUT2D eigenvalue weighted by atomic mass is 9.99. The van der Waals surface area contributed by atoms with Crippen LogP contribution in [-0.4, -0.2) is 4.98 Å². The summed E-state index contributed by atoms with van der Waals surface area (Å²) in [4.78, 5) is 4.64. The van der Waals surface area contributed by atoms with Crippen molar-refractivity contribution in [3.63, 3.8) is 0 Å². The first-order valence-corrected chi connectivity index (χ1v) is 12.0. The lowest BCUT2D eigenvalue weighted by Gasteiger charge is -2.13. The van der Waals surface area contributed by atoms with E-state index in [1.807, 2.05) is 0 Å². The van der Waals surface area contributed by atoms with Crippen molar-refractivity contribution in [2.45, 2.75) is 124 Å². The van der Waals surface area contributed by atoms with E-state index in [4.69, 9.17) is 0 Å². The van der Waals surface area contributed by atoms with Crippen molar-refractivity contribution in [1.29, 1.82) is 0 Å². The van der Waals surface area contributed by atoms with Crippen molar-refractivity contribution in [1.82, 2.24) is 4.98 Å². The molecule has 0 aromatic carbocycles. The van der Waals surface area contributed by atoms with Gasteiger partial charge < -0.3 is 0 Å². The number of nitrogens with zero attached hydrogens (tertiary/aromatic N) is 1. The number of pyridine rings is 1. The highest BCUT2D eigenvalue weighted by Gasteiger charge is 2.10. The van der Waals surface area contributed by atoms with Gasteiger partial charge in [-0.2, -0.15) is 0 Å². The monoisotopic (exact) mass is 423 g/mol. The summed E-state index contributed by atoms with van der Waals surface area (Å²) in [6.07, 6.45) is 21.0. The molecule has 0 N–H and O–H groups in total. The fraction of sp³-hybridized carbons (Fsp3) is 0.792. The van der Waals surface area contributed by atoms with Gasteiger partial charge in [0.1, 0.15) is 4.60 Å². The van der Waals surface area contributed by atoms with Crippen molar-refractivity contribution in [3.8, 4) is 0 Å². The number of unbranched alkanes of at least 4 members (excludes halogenated alkanes) is 13. The highest BCUT2D eigenvalue weighted by atomic mass is 79.9. The number of aryl methyl sites for hydroxylation is 1. The van der Waals surface area contributed by atoms with Crippen LogP contribution in [0.25, 0.3) is 0 Å². The lowest BCUT2D eigenvalue weighted by molar-refractivity contribution is 0.535. The number of rotatable bonds is 15. The minimum absolute atomic E-state index is 1.06. The number of hydrogen-bond acceptors (Lipinski definition) is 1. The van der Waals surface area contributed by atoms with Crippen LogP contribution in [0, 0.1) is 20.8 Å². The molecule has 2 heteroatoms. The molecule has 1 nitrogen and oxygen atoms in total. The molecular formula is C24H42BrN. The maximum Gasteiger partial charge on any atom is 0.109 e. The Morgan fingerprint density at radius 3 is 1.50 bits per heavy atom. The molecule has 0 unspecified atom stereocenters. The Labute approximate surface area is 171 Å². The smallest absolute Gasteiger partial charge is 0.109 e. The zero-order valence-electron chi connectivity index (χ0n) is 17.9. The van der Waals surface area contributed by atoms with Gasteiger partial charge in [-0.1, -0.05) is 90.4 Å². The van der Waals surface area contributed by atoms with Crippen LogP contribution in [0.1, 0.15) is 119 Å². The van der Waals surface area contributed by atoms with Crippen LogP contribution in [-0.2, 0) is 6.42 Å². The second kappa shape index (κ2) is 14.7. The van der Waals surface area contributed by atoms with Crippen LogP contribution in [0.4, 0.5) is 0 Å². The molecule has 0 aliphatic carbocycles. The molecule has 0 saturated carbocycles. The van der Waals surface area contributed by atoms with Crippen molar-refractivity contribution in [2.24, 2.45) is 0 Å². The quantitative estimate of drug-likeness (QED) is 0.202. The van der Waals surface area contributed by atoms with Crippen molar-refractivity contribution >= 4 is 15.9 Å². The van der Waals surface area contributed by atoms with Crippen LogP contribution < -0.4 is 0 Å². The van der Waals surface area contributed by atoms with Crippen LogP contribution in [0.5, 0.6) is 0 Å². The van der Waals surface area contributed by atoms with Gasteiger partial charge in [0.15, 0.2) is 0 Å². The topological polar surface area (TPSA) is 12.9 Å². The summed E-state index contributed by atoms with van der Waals surface area (Å²) in [7, 11) is 0. The predicted molar refractivity (Wildman–Crippen MR) is 120 cm³/mol. The molecule has 1 heterocycles. The van der Waals surface area contributed by atoms with E-state index in [1.54, 1.807) is 0 Å². The standard InChI is InChI=1S/C24H42BrN/c1-5-6-7-8-9-10-11-12-13-14-15-16-17-18-19-23-21(3)20(2)22(4)26-24(23)25/h5-19H2,1-4H3. The van der Waals surface area contributed by atoms with Gasteiger partial charge in [-0.25, -0.2) is 4.98 Å².